The number of aryl methyl sites for hydroxylation is 1. The van der Waals surface area contributed by atoms with Crippen LogP contribution in [0.15, 0.2) is 12.1 Å². The Bertz CT molecular complexity index is 1860. The number of carbonyl (C=O) groups is 1. The maximum atomic E-state index is 14.3. The number of anilines is 2. The molecule has 2 N–H and O–H groups in total. The van der Waals surface area contributed by atoms with Gasteiger partial charge in [-0.3, -0.25) is 14.4 Å². The Kier molecular flexibility index (Phi) is 8.03. The van der Waals surface area contributed by atoms with Gasteiger partial charge in [0.1, 0.15) is 12.4 Å². The molecule has 0 bridgehead atoms. The number of alkyl halides is 3. The summed E-state index contributed by atoms with van der Waals surface area (Å²) in [5.74, 6) is 0.453. The minimum absolute atomic E-state index is 0.0152. The van der Waals surface area contributed by atoms with Crippen LogP contribution in [0.1, 0.15) is 88.8 Å². The normalized spacial score (nSPS) is 24.1. The van der Waals surface area contributed by atoms with E-state index in [0.717, 1.165) is 56.1 Å². The van der Waals surface area contributed by atoms with Gasteiger partial charge in [0, 0.05) is 57.0 Å². The summed E-state index contributed by atoms with van der Waals surface area (Å²) in [6.07, 6.45) is 0.890. The summed E-state index contributed by atoms with van der Waals surface area (Å²) in [5, 5.41) is 4.20. The minimum Gasteiger partial charge on any atom is -0.461 e. The molecule has 1 aromatic carbocycles. The van der Waals surface area contributed by atoms with Crippen LogP contribution < -0.4 is 15.4 Å². The lowest BCUT2D eigenvalue weighted by atomic mass is 9.89. The van der Waals surface area contributed by atoms with Crippen molar-refractivity contribution in [1.29, 1.82) is 0 Å². The average Bonchev–Trinajstić information content (AvgIpc) is 3.55. The third-order valence-electron chi connectivity index (χ3n) is 11.4. The summed E-state index contributed by atoms with van der Waals surface area (Å²) in [7, 11) is 3.41. The highest BCUT2D eigenvalue weighted by Gasteiger charge is 2.60. The Morgan fingerprint density at radius 3 is 2.70 bits per heavy atom. The van der Waals surface area contributed by atoms with Crippen LogP contribution in [0.4, 0.5) is 24.7 Å². The van der Waals surface area contributed by atoms with Crippen LogP contribution in [-0.2, 0) is 37.0 Å². The lowest BCUT2D eigenvalue weighted by Crippen LogP contribution is -2.43. The molecule has 8 rings (SSSR count). The van der Waals surface area contributed by atoms with E-state index in [-0.39, 0.29) is 41.7 Å². The number of hydrogen-bond donors (Lipinski definition) is 1. The largest absolute Gasteiger partial charge is 0.461 e. The van der Waals surface area contributed by atoms with Crippen molar-refractivity contribution < 1.29 is 27.4 Å². The number of nitrogens with zero attached hydrogens (tertiary/aromatic N) is 7. The molecule has 3 aromatic rings. The van der Waals surface area contributed by atoms with Gasteiger partial charge in [0.25, 0.3) is 5.91 Å². The molecule has 1 amide bonds. The number of benzene rings is 1. The van der Waals surface area contributed by atoms with Gasteiger partial charge in [0.05, 0.1) is 46.8 Å². The summed E-state index contributed by atoms with van der Waals surface area (Å²) in [4.78, 5) is 29.0. The highest BCUT2D eigenvalue weighted by molar-refractivity contribution is 6.31. The predicted molar refractivity (Wildman–Crippen MR) is 180 cm³/mol. The Morgan fingerprint density at radius 1 is 1.16 bits per heavy atom. The second-order valence-electron chi connectivity index (χ2n) is 15.1. The average molecular weight is 715 g/mol. The van der Waals surface area contributed by atoms with E-state index in [9.17, 15) is 18.0 Å². The highest BCUT2D eigenvalue weighted by Crippen LogP contribution is 2.60. The summed E-state index contributed by atoms with van der Waals surface area (Å²) in [6.45, 7) is 6.20. The van der Waals surface area contributed by atoms with E-state index in [1.165, 1.54) is 23.8 Å². The van der Waals surface area contributed by atoms with E-state index < -0.39 is 22.9 Å². The van der Waals surface area contributed by atoms with Gasteiger partial charge in [-0.1, -0.05) is 11.6 Å². The van der Waals surface area contributed by atoms with Crippen molar-refractivity contribution in [3.05, 3.63) is 56.5 Å². The molecule has 3 fully saturated rings. The van der Waals surface area contributed by atoms with E-state index in [4.69, 9.17) is 36.8 Å². The molecule has 2 unspecified atom stereocenters. The number of carbonyl (C=O) groups excluding carboxylic acids is 1. The summed E-state index contributed by atoms with van der Waals surface area (Å²) in [5.41, 5.74) is 8.78. The Hall–Kier alpha value is -3.62. The molecule has 4 aliphatic heterocycles. The summed E-state index contributed by atoms with van der Waals surface area (Å²) >= 11 is 6.13. The zero-order chi connectivity index (χ0) is 35.2. The molecular weight excluding hydrogens is 673 g/mol. The van der Waals surface area contributed by atoms with Crippen LogP contribution in [0.2, 0.25) is 5.02 Å². The van der Waals surface area contributed by atoms with Gasteiger partial charge in [-0.25, -0.2) is 0 Å². The third-order valence-corrected chi connectivity index (χ3v) is 11.7. The molecule has 6 heterocycles. The Morgan fingerprint density at radius 2 is 1.96 bits per heavy atom. The number of nitrogens with two attached hydrogens (primary N) is 1. The van der Waals surface area contributed by atoms with Crippen LogP contribution in [0.3, 0.4) is 0 Å². The number of rotatable bonds is 6. The molecule has 2 aromatic heterocycles. The maximum absolute atomic E-state index is 14.3. The molecule has 1 spiro atoms. The van der Waals surface area contributed by atoms with Crippen molar-refractivity contribution in [2.45, 2.75) is 89.4 Å². The van der Waals surface area contributed by atoms with Crippen molar-refractivity contribution in [1.82, 2.24) is 29.5 Å². The maximum Gasteiger partial charge on any atom is 0.418 e. The first-order valence-electron chi connectivity index (χ1n) is 17.3. The van der Waals surface area contributed by atoms with Crippen LogP contribution >= 0.6 is 11.6 Å². The van der Waals surface area contributed by atoms with Crippen LogP contribution in [0.25, 0.3) is 0 Å². The molecule has 0 radical (unpaired) electrons. The predicted octanol–water partition coefficient (Wildman–Crippen LogP) is 5.56. The molecule has 11 nitrogen and oxygen atoms in total. The molecule has 50 heavy (non-hydrogen) atoms. The third kappa shape index (κ3) is 5.76. The van der Waals surface area contributed by atoms with Gasteiger partial charge < -0.3 is 25.0 Å². The molecular formula is C35H42ClF3N8O3. The van der Waals surface area contributed by atoms with Gasteiger partial charge >= 0.3 is 12.2 Å². The van der Waals surface area contributed by atoms with Crippen molar-refractivity contribution in [2.24, 2.45) is 5.41 Å². The van der Waals surface area contributed by atoms with Gasteiger partial charge in [-0.05, 0) is 75.1 Å². The fourth-order valence-corrected chi connectivity index (χ4v) is 9.06. The number of aromatic nitrogens is 4. The highest BCUT2D eigenvalue weighted by atomic mass is 35.5. The fraction of sp³-hybridized carbons (Fsp3) is 0.600. The molecule has 268 valence electrons. The zero-order valence-electron chi connectivity index (χ0n) is 28.6. The Labute approximate surface area is 293 Å². The molecule has 1 saturated carbocycles. The quantitative estimate of drug-likeness (QED) is 0.328. The van der Waals surface area contributed by atoms with E-state index in [1.54, 1.807) is 14.1 Å². The zero-order valence-corrected chi connectivity index (χ0v) is 29.3. The molecule has 2 atom stereocenters. The number of fused-ring (bicyclic) bond motifs is 3. The smallest absolute Gasteiger partial charge is 0.418 e. The number of amides is 1. The van der Waals surface area contributed by atoms with Crippen molar-refractivity contribution in [3.8, 4) is 6.01 Å². The topological polar surface area (TPSA) is 115 Å². The SMILES string of the molecule is Cc1c(C(=O)N(C)C)nn2c1CN(c1nc(OCC34CCCN3CC3(CC3)C4)nc3c1COC(c1cc(N)cc(Cl)c1C(F)(F)F)C3)CCC2. The standard InChI is InChI=1S/C35H42ClF3N8O3/c1-20-26-15-45(9-5-11-47(26)43-29(20)31(48)44(2)3)30-23-16-49-27(22-12-21(40)13-24(36)28(22)35(37,38)39)14-25(23)41-32(42-30)50-19-34-6-4-10-46(34)18-33(17-34)7-8-33/h12-13,27H,4-11,14-19,40H2,1-3H3. The minimum atomic E-state index is -4.71. The first kappa shape index (κ1) is 33.5. The molecule has 1 aliphatic carbocycles. The Balaban J connectivity index is 1.16. The van der Waals surface area contributed by atoms with Crippen LogP contribution in [0, 0.1) is 12.3 Å². The van der Waals surface area contributed by atoms with Gasteiger partial charge in [0.15, 0.2) is 5.69 Å². The van der Waals surface area contributed by atoms with Gasteiger partial charge in [-0.15, -0.1) is 0 Å². The molecule has 2 saturated heterocycles. The van der Waals surface area contributed by atoms with Crippen molar-refractivity contribution in [3.63, 3.8) is 0 Å². The number of ether oxygens (including phenoxy) is 2. The summed E-state index contributed by atoms with van der Waals surface area (Å²) in [6, 6.07) is 2.61. The summed E-state index contributed by atoms with van der Waals surface area (Å²) < 4.78 is 57.5. The van der Waals surface area contributed by atoms with E-state index >= 15 is 0 Å². The first-order valence-corrected chi connectivity index (χ1v) is 17.7. The monoisotopic (exact) mass is 714 g/mol. The lowest BCUT2D eigenvalue weighted by Gasteiger charge is -2.33. The number of hydrogen-bond acceptors (Lipinski definition) is 9. The van der Waals surface area contributed by atoms with Crippen LogP contribution in [0.5, 0.6) is 6.01 Å². The van der Waals surface area contributed by atoms with Gasteiger partial charge in [0.2, 0.25) is 0 Å². The fourth-order valence-electron chi connectivity index (χ4n) is 8.72. The van der Waals surface area contributed by atoms with Crippen molar-refractivity contribution in [2.75, 3.05) is 51.0 Å². The van der Waals surface area contributed by atoms with Crippen LogP contribution in [-0.4, -0.2) is 81.3 Å². The lowest BCUT2D eigenvalue weighted by molar-refractivity contribution is -0.139. The van der Waals surface area contributed by atoms with E-state index in [2.05, 4.69) is 14.9 Å². The number of nitrogen functional groups attached to an aromatic ring is 1. The second-order valence-corrected chi connectivity index (χ2v) is 15.5. The van der Waals surface area contributed by atoms with Crippen molar-refractivity contribution >= 4 is 29.0 Å². The molecule has 15 heteroatoms. The van der Waals surface area contributed by atoms with E-state index in [0.29, 0.717) is 54.4 Å². The molecule has 5 aliphatic rings. The number of halogens is 4. The second kappa shape index (κ2) is 12.0. The van der Waals surface area contributed by atoms with Gasteiger partial charge in [-0.2, -0.15) is 28.2 Å². The first-order chi connectivity index (χ1) is 23.8. The van der Waals surface area contributed by atoms with E-state index in [1.807, 2.05) is 11.6 Å².